The van der Waals surface area contributed by atoms with Gasteiger partial charge in [-0.2, -0.15) is 0 Å². The van der Waals surface area contributed by atoms with Gasteiger partial charge in [0.25, 0.3) is 0 Å². The average molecular weight is 242 g/mol. The summed E-state index contributed by atoms with van der Waals surface area (Å²) in [6, 6.07) is 0.0285. The molecule has 0 radical (unpaired) electrons. The van der Waals surface area contributed by atoms with Crippen LogP contribution in [0.1, 0.15) is 33.1 Å². The van der Waals surface area contributed by atoms with Gasteiger partial charge < -0.3 is 15.4 Å². The fourth-order valence-corrected chi connectivity index (χ4v) is 2.59. The zero-order chi connectivity index (χ0) is 12.8. The molecule has 1 saturated carbocycles. The molecule has 1 fully saturated rings. The van der Waals surface area contributed by atoms with E-state index in [0.29, 0.717) is 25.7 Å². The molecular formula is C13H26N2O2. The van der Waals surface area contributed by atoms with Crippen molar-refractivity contribution in [2.24, 2.45) is 17.6 Å². The lowest BCUT2D eigenvalue weighted by molar-refractivity contribution is -0.138. The standard InChI is InChI=1S/C13H26N2O2/c1-4-17-9-8-15(3)13(16)12-10(2)6-5-7-11(12)14/h10-12H,4-9,14H2,1-3H3. The minimum absolute atomic E-state index is 0.00428. The molecule has 0 aromatic rings. The number of amides is 1. The number of nitrogens with two attached hydrogens (primary N) is 1. The van der Waals surface area contributed by atoms with Crippen LogP contribution in [0.2, 0.25) is 0 Å². The van der Waals surface area contributed by atoms with Gasteiger partial charge in [-0.25, -0.2) is 0 Å². The molecule has 2 N–H and O–H groups in total. The van der Waals surface area contributed by atoms with E-state index >= 15 is 0 Å². The van der Waals surface area contributed by atoms with Gasteiger partial charge in [0.15, 0.2) is 0 Å². The molecule has 1 aliphatic carbocycles. The highest BCUT2D eigenvalue weighted by Gasteiger charge is 2.35. The van der Waals surface area contributed by atoms with Gasteiger partial charge in [0.1, 0.15) is 0 Å². The van der Waals surface area contributed by atoms with Gasteiger partial charge in [0.05, 0.1) is 12.5 Å². The van der Waals surface area contributed by atoms with Crippen molar-refractivity contribution in [3.63, 3.8) is 0 Å². The number of nitrogens with zero attached hydrogens (tertiary/aromatic N) is 1. The largest absolute Gasteiger partial charge is 0.380 e. The van der Waals surface area contributed by atoms with Gasteiger partial charge in [0.2, 0.25) is 5.91 Å². The maximum Gasteiger partial charge on any atom is 0.227 e. The van der Waals surface area contributed by atoms with Crippen LogP contribution in [0.3, 0.4) is 0 Å². The molecule has 0 heterocycles. The molecule has 3 unspecified atom stereocenters. The molecule has 4 nitrogen and oxygen atoms in total. The number of carbonyl (C=O) groups excluding carboxylic acids is 1. The number of hydrogen-bond acceptors (Lipinski definition) is 3. The summed E-state index contributed by atoms with van der Waals surface area (Å²) in [5, 5.41) is 0. The molecule has 4 heteroatoms. The number of ether oxygens (including phenoxy) is 1. The van der Waals surface area contributed by atoms with Crippen LogP contribution in [0, 0.1) is 11.8 Å². The third-order valence-electron chi connectivity index (χ3n) is 3.71. The first-order valence-electron chi connectivity index (χ1n) is 6.66. The fourth-order valence-electron chi connectivity index (χ4n) is 2.59. The highest BCUT2D eigenvalue weighted by molar-refractivity contribution is 5.79. The van der Waals surface area contributed by atoms with Crippen molar-refractivity contribution in [1.29, 1.82) is 0 Å². The van der Waals surface area contributed by atoms with Crippen LogP contribution in [0.15, 0.2) is 0 Å². The minimum Gasteiger partial charge on any atom is -0.380 e. The van der Waals surface area contributed by atoms with E-state index in [1.54, 1.807) is 4.90 Å². The van der Waals surface area contributed by atoms with Crippen LogP contribution in [0.4, 0.5) is 0 Å². The Morgan fingerprint density at radius 3 is 2.76 bits per heavy atom. The summed E-state index contributed by atoms with van der Waals surface area (Å²) in [6.07, 6.45) is 3.23. The molecule has 0 bridgehead atoms. The van der Waals surface area contributed by atoms with Gasteiger partial charge in [-0.3, -0.25) is 4.79 Å². The van der Waals surface area contributed by atoms with Crippen LogP contribution < -0.4 is 5.73 Å². The number of rotatable bonds is 5. The lowest BCUT2D eigenvalue weighted by Crippen LogP contribution is -2.48. The summed E-state index contributed by atoms with van der Waals surface area (Å²) < 4.78 is 5.27. The second kappa shape index (κ2) is 6.97. The van der Waals surface area contributed by atoms with Crippen LogP contribution in [-0.4, -0.2) is 43.7 Å². The first-order chi connectivity index (χ1) is 8.07. The zero-order valence-corrected chi connectivity index (χ0v) is 11.3. The molecule has 17 heavy (non-hydrogen) atoms. The summed E-state index contributed by atoms with van der Waals surface area (Å²) in [4.78, 5) is 14.1. The highest BCUT2D eigenvalue weighted by Crippen LogP contribution is 2.30. The van der Waals surface area contributed by atoms with Crippen molar-refractivity contribution in [3.05, 3.63) is 0 Å². The molecule has 0 aromatic heterocycles. The van der Waals surface area contributed by atoms with E-state index in [2.05, 4.69) is 6.92 Å². The Labute approximate surface area is 104 Å². The highest BCUT2D eigenvalue weighted by atomic mass is 16.5. The maximum absolute atomic E-state index is 12.3. The Balaban J connectivity index is 2.48. The SMILES string of the molecule is CCOCCN(C)C(=O)C1C(C)CCCC1N. The molecule has 1 amide bonds. The van der Waals surface area contributed by atoms with Gasteiger partial charge in [0, 0.05) is 26.2 Å². The molecule has 100 valence electrons. The van der Waals surface area contributed by atoms with E-state index in [4.69, 9.17) is 10.5 Å². The molecular weight excluding hydrogens is 216 g/mol. The van der Waals surface area contributed by atoms with Crippen LogP contribution in [0.5, 0.6) is 0 Å². The lowest BCUT2D eigenvalue weighted by Gasteiger charge is -2.35. The van der Waals surface area contributed by atoms with E-state index in [0.717, 1.165) is 19.3 Å². The Hall–Kier alpha value is -0.610. The second-order valence-corrected chi connectivity index (χ2v) is 5.05. The van der Waals surface area contributed by atoms with Crippen molar-refractivity contribution < 1.29 is 9.53 Å². The molecule has 0 saturated heterocycles. The summed E-state index contributed by atoms with van der Waals surface area (Å²) in [5.41, 5.74) is 6.08. The van der Waals surface area contributed by atoms with Crippen molar-refractivity contribution in [2.45, 2.75) is 39.2 Å². The van der Waals surface area contributed by atoms with Gasteiger partial charge in [-0.15, -0.1) is 0 Å². The fraction of sp³-hybridized carbons (Fsp3) is 0.923. The van der Waals surface area contributed by atoms with Gasteiger partial charge >= 0.3 is 0 Å². The Morgan fingerprint density at radius 2 is 2.18 bits per heavy atom. The Kier molecular flexibility index (Phi) is 5.92. The van der Waals surface area contributed by atoms with Gasteiger partial charge in [-0.1, -0.05) is 13.3 Å². The van der Waals surface area contributed by atoms with Crippen molar-refractivity contribution in [1.82, 2.24) is 4.90 Å². The second-order valence-electron chi connectivity index (χ2n) is 5.05. The predicted molar refractivity (Wildman–Crippen MR) is 68.6 cm³/mol. The summed E-state index contributed by atoms with van der Waals surface area (Å²) in [6.45, 7) is 6.05. The normalized spacial score (nSPS) is 29.1. The Morgan fingerprint density at radius 1 is 1.47 bits per heavy atom. The minimum atomic E-state index is -0.00428. The number of likely N-dealkylation sites (N-methyl/N-ethyl adjacent to an activating group) is 1. The molecule has 0 spiro atoms. The number of hydrogen-bond donors (Lipinski definition) is 1. The molecule has 1 rings (SSSR count). The third kappa shape index (κ3) is 3.96. The van der Waals surface area contributed by atoms with Crippen molar-refractivity contribution in [3.8, 4) is 0 Å². The summed E-state index contributed by atoms with van der Waals surface area (Å²) >= 11 is 0. The summed E-state index contributed by atoms with van der Waals surface area (Å²) in [7, 11) is 1.84. The molecule has 0 aromatic carbocycles. The number of carbonyl (C=O) groups is 1. The first-order valence-corrected chi connectivity index (χ1v) is 6.66. The first kappa shape index (κ1) is 14.5. The van der Waals surface area contributed by atoms with E-state index in [9.17, 15) is 4.79 Å². The topological polar surface area (TPSA) is 55.6 Å². The van der Waals surface area contributed by atoms with Crippen LogP contribution in [-0.2, 0) is 9.53 Å². The van der Waals surface area contributed by atoms with Gasteiger partial charge in [-0.05, 0) is 25.7 Å². The van der Waals surface area contributed by atoms with Crippen molar-refractivity contribution >= 4 is 5.91 Å². The quantitative estimate of drug-likeness (QED) is 0.738. The van der Waals surface area contributed by atoms with E-state index in [1.807, 2.05) is 14.0 Å². The van der Waals surface area contributed by atoms with Crippen LogP contribution in [0.25, 0.3) is 0 Å². The summed E-state index contributed by atoms with van der Waals surface area (Å²) in [5.74, 6) is 0.584. The van der Waals surface area contributed by atoms with E-state index in [1.165, 1.54) is 0 Å². The Bertz CT molecular complexity index is 236. The maximum atomic E-state index is 12.3. The lowest BCUT2D eigenvalue weighted by atomic mass is 9.76. The average Bonchev–Trinajstić information content (AvgIpc) is 2.28. The molecule has 3 atom stereocenters. The van der Waals surface area contributed by atoms with E-state index in [-0.39, 0.29) is 17.9 Å². The smallest absolute Gasteiger partial charge is 0.227 e. The molecule has 1 aliphatic rings. The monoisotopic (exact) mass is 242 g/mol. The predicted octanol–water partition coefficient (Wildman–Crippen LogP) is 1.24. The zero-order valence-electron chi connectivity index (χ0n) is 11.3. The van der Waals surface area contributed by atoms with Crippen LogP contribution >= 0.6 is 0 Å². The van der Waals surface area contributed by atoms with E-state index < -0.39 is 0 Å². The molecule has 0 aliphatic heterocycles. The third-order valence-corrected chi connectivity index (χ3v) is 3.71. The van der Waals surface area contributed by atoms with Crippen molar-refractivity contribution in [2.75, 3.05) is 26.8 Å².